The Morgan fingerprint density at radius 2 is 2.11 bits per heavy atom. The van der Waals surface area contributed by atoms with Crippen LogP contribution in [0.3, 0.4) is 0 Å². The Labute approximate surface area is 112 Å². The molecule has 3 rings (SSSR count). The number of hydrogen-bond acceptors (Lipinski definition) is 1. The fraction of sp³-hybridized carbons (Fsp3) is 0.625. The summed E-state index contributed by atoms with van der Waals surface area (Å²) in [5, 5.41) is 1.56. The predicted molar refractivity (Wildman–Crippen MR) is 78.6 cm³/mol. The minimum atomic E-state index is -1.59. The molecule has 0 N–H and O–H groups in total. The Balaban J connectivity index is 1.84. The van der Waals surface area contributed by atoms with E-state index in [0.717, 1.165) is 18.1 Å². The number of benzene rings is 1. The Kier molecular flexibility index (Phi) is 3.58. The topological polar surface area (TPSA) is 9.23 Å². The first-order valence-electron chi connectivity index (χ1n) is 7.56. The molecule has 2 saturated heterocycles. The van der Waals surface area contributed by atoms with Gasteiger partial charge in [-0.2, -0.15) is 0 Å². The molecule has 0 saturated carbocycles. The van der Waals surface area contributed by atoms with Crippen LogP contribution in [0.5, 0.6) is 0 Å². The van der Waals surface area contributed by atoms with E-state index in [4.69, 9.17) is 4.43 Å². The van der Waals surface area contributed by atoms with Crippen LogP contribution >= 0.6 is 0 Å². The molecule has 2 heteroatoms. The van der Waals surface area contributed by atoms with Crippen LogP contribution in [0, 0.1) is 5.92 Å². The van der Waals surface area contributed by atoms with Gasteiger partial charge in [-0.25, -0.2) is 0 Å². The molecule has 0 radical (unpaired) electrons. The van der Waals surface area contributed by atoms with Gasteiger partial charge in [0.2, 0.25) is 8.32 Å². The van der Waals surface area contributed by atoms with Crippen molar-refractivity contribution in [2.24, 2.45) is 5.92 Å². The van der Waals surface area contributed by atoms with Gasteiger partial charge in [0.15, 0.2) is 0 Å². The molecule has 0 aliphatic carbocycles. The summed E-state index contributed by atoms with van der Waals surface area (Å²) < 4.78 is 6.50. The van der Waals surface area contributed by atoms with E-state index in [1.165, 1.54) is 38.1 Å². The van der Waals surface area contributed by atoms with Gasteiger partial charge >= 0.3 is 0 Å². The van der Waals surface area contributed by atoms with E-state index in [1.807, 2.05) is 0 Å². The Morgan fingerprint density at radius 3 is 2.89 bits per heavy atom. The third kappa shape index (κ3) is 1.96. The average molecular weight is 260 g/mol. The maximum atomic E-state index is 6.50. The molecule has 3 atom stereocenters. The van der Waals surface area contributed by atoms with E-state index in [0.29, 0.717) is 0 Å². The standard InChI is InChI=1S/C16H24OSi/c1-2-3-8-14-13-17-18(12-7-11-16(14)18)15-9-5-4-6-10-15/h4-6,9-10,14,16H,2-3,7-8,11-13H2,1H3/t14-,16-,18+/m1/s1. The van der Waals surface area contributed by atoms with Crippen molar-refractivity contribution < 1.29 is 4.43 Å². The van der Waals surface area contributed by atoms with Gasteiger partial charge in [0.1, 0.15) is 0 Å². The molecule has 0 aromatic heterocycles. The fourth-order valence-corrected chi connectivity index (χ4v) is 9.39. The molecule has 2 heterocycles. The van der Waals surface area contributed by atoms with Crippen molar-refractivity contribution in [1.29, 1.82) is 0 Å². The Morgan fingerprint density at radius 1 is 1.28 bits per heavy atom. The van der Waals surface area contributed by atoms with Gasteiger partial charge in [0.05, 0.1) is 0 Å². The molecule has 98 valence electrons. The molecule has 2 aliphatic rings. The second-order valence-electron chi connectivity index (χ2n) is 5.97. The largest absolute Gasteiger partial charge is 0.412 e. The minimum absolute atomic E-state index is 0.860. The second-order valence-corrected chi connectivity index (χ2v) is 9.85. The third-order valence-corrected chi connectivity index (χ3v) is 10.0. The van der Waals surface area contributed by atoms with Crippen LogP contribution in [0.2, 0.25) is 11.6 Å². The third-order valence-electron chi connectivity index (χ3n) is 4.98. The van der Waals surface area contributed by atoms with Crippen molar-refractivity contribution in [3.8, 4) is 0 Å². The lowest BCUT2D eigenvalue weighted by molar-refractivity contribution is 0.282. The lowest BCUT2D eigenvalue weighted by Crippen LogP contribution is -2.48. The van der Waals surface area contributed by atoms with Crippen molar-refractivity contribution in [2.45, 2.75) is 50.6 Å². The summed E-state index contributed by atoms with van der Waals surface area (Å²) in [7, 11) is -1.59. The number of rotatable bonds is 4. The number of fused-ring (bicyclic) bond motifs is 1. The van der Waals surface area contributed by atoms with Gasteiger partial charge in [-0.05, 0) is 29.1 Å². The zero-order valence-electron chi connectivity index (χ0n) is 11.4. The van der Waals surface area contributed by atoms with Crippen LogP contribution in [0.25, 0.3) is 0 Å². The molecule has 1 aromatic carbocycles. The summed E-state index contributed by atoms with van der Waals surface area (Å²) >= 11 is 0. The first-order valence-corrected chi connectivity index (χ1v) is 9.75. The first kappa shape index (κ1) is 12.4. The molecule has 1 aromatic rings. The van der Waals surface area contributed by atoms with Crippen LogP contribution in [0.15, 0.2) is 30.3 Å². The summed E-state index contributed by atoms with van der Waals surface area (Å²) in [6.45, 7) is 3.35. The monoisotopic (exact) mass is 260 g/mol. The van der Waals surface area contributed by atoms with Crippen LogP contribution in [0.1, 0.15) is 39.0 Å². The van der Waals surface area contributed by atoms with E-state index in [-0.39, 0.29) is 0 Å². The van der Waals surface area contributed by atoms with E-state index >= 15 is 0 Å². The van der Waals surface area contributed by atoms with E-state index in [2.05, 4.69) is 37.3 Å². The Bertz CT molecular complexity index is 391. The van der Waals surface area contributed by atoms with Gasteiger partial charge in [0, 0.05) is 6.61 Å². The zero-order chi connectivity index (χ0) is 12.4. The second kappa shape index (κ2) is 5.18. The summed E-state index contributed by atoms with van der Waals surface area (Å²) in [5.41, 5.74) is 0.909. The van der Waals surface area contributed by atoms with Gasteiger partial charge in [0.25, 0.3) is 0 Å². The highest BCUT2D eigenvalue weighted by molar-refractivity contribution is 6.88. The molecule has 0 amide bonds. The van der Waals surface area contributed by atoms with Gasteiger partial charge in [-0.3, -0.25) is 0 Å². The van der Waals surface area contributed by atoms with Crippen molar-refractivity contribution in [2.75, 3.05) is 6.61 Å². The summed E-state index contributed by atoms with van der Waals surface area (Å²) in [5.74, 6) is 0.860. The number of unbranched alkanes of at least 4 members (excludes halogenated alkanes) is 1. The molecule has 0 unspecified atom stereocenters. The van der Waals surface area contributed by atoms with Gasteiger partial charge < -0.3 is 4.43 Å². The van der Waals surface area contributed by atoms with Crippen molar-refractivity contribution in [3.63, 3.8) is 0 Å². The smallest absolute Gasteiger partial charge is 0.227 e. The van der Waals surface area contributed by atoms with E-state index in [9.17, 15) is 0 Å². The molecule has 0 spiro atoms. The van der Waals surface area contributed by atoms with Crippen LogP contribution < -0.4 is 5.19 Å². The SMILES string of the molecule is CCCC[C@@H]1CO[Si@]2(c3ccccc3)CCC[C@H]12. The quantitative estimate of drug-likeness (QED) is 0.747. The summed E-state index contributed by atoms with van der Waals surface area (Å²) in [6, 6.07) is 12.5. The van der Waals surface area contributed by atoms with Crippen LogP contribution in [-0.2, 0) is 4.43 Å². The molecule has 18 heavy (non-hydrogen) atoms. The molecule has 0 bridgehead atoms. The predicted octanol–water partition coefficient (Wildman–Crippen LogP) is 3.84. The zero-order valence-corrected chi connectivity index (χ0v) is 12.4. The normalized spacial score (nSPS) is 34.7. The van der Waals surface area contributed by atoms with Crippen LogP contribution in [0.4, 0.5) is 0 Å². The average Bonchev–Trinajstić information content (AvgIpc) is 2.97. The number of hydrogen-bond donors (Lipinski definition) is 0. The summed E-state index contributed by atoms with van der Waals surface area (Å²) in [6.07, 6.45) is 6.92. The molecule has 1 nitrogen and oxygen atoms in total. The maximum absolute atomic E-state index is 6.50. The minimum Gasteiger partial charge on any atom is -0.412 e. The molecular formula is C16H24OSi. The van der Waals surface area contributed by atoms with E-state index in [1.54, 1.807) is 5.19 Å². The maximum Gasteiger partial charge on any atom is 0.227 e. The molecule has 2 aliphatic heterocycles. The Hall–Kier alpha value is -0.603. The lowest BCUT2D eigenvalue weighted by atomic mass is 9.97. The first-order chi connectivity index (χ1) is 8.87. The molecule has 2 fully saturated rings. The van der Waals surface area contributed by atoms with Crippen molar-refractivity contribution in [1.82, 2.24) is 0 Å². The summed E-state index contributed by atoms with van der Waals surface area (Å²) in [4.78, 5) is 0. The van der Waals surface area contributed by atoms with Gasteiger partial charge in [-0.1, -0.05) is 62.9 Å². The van der Waals surface area contributed by atoms with Crippen molar-refractivity contribution in [3.05, 3.63) is 30.3 Å². The highest BCUT2D eigenvalue weighted by Gasteiger charge is 2.55. The molecular weight excluding hydrogens is 236 g/mol. The van der Waals surface area contributed by atoms with Crippen LogP contribution in [-0.4, -0.2) is 14.9 Å². The van der Waals surface area contributed by atoms with Gasteiger partial charge in [-0.15, -0.1) is 0 Å². The fourth-order valence-electron chi connectivity index (χ4n) is 4.08. The van der Waals surface area contributed by atoms with Crippen molar-refractivity contribution >= 4 is 13.5 Å². The highest BCUT2D eigenvalue weighted by atomic mass is 28.4. The highest BCUT2D eigenvalue weighted by Crippen LogP contribution is 2.51. The van der Waals surface area contributed by atoms with E-state index < -0.39 is 8.32 Å². The lowest BCUT2D eigenvalue weighted by Gasteiger charge is -2.27.